The molecule has 1 fully saturated rings. The van der Waals surface area contributed by atoms with Crippen molar-refractivity contribution in [2.75, 3.05) is 20.2 Å². The summed E-state index contributed by atoms with van der Waals surface area (Å²) in [6.07, 6.45) is 7.12. The van der Waals surface area contributed by atoms with E-state index in [-0.39, 0.29) is 5.91 Å². The standard InChI is InChI=1S/C27H32N4O2S/c1-30(16-22-13-24(29-28-22)19-7-8-19)14-18-6-9-25-21(12-18)15-31(10-11-33-25)27(32)26-23-5-3-2-4-20(23)17-34-26/h6,9,12-13,17,19H,2-5,7-8,10-11,14-16H2,1H3,(H,28,29). The second kappa shape index (κ2) is 9.19. The van der Waals surface area contributed by atoms with Crippen LogP contribution in [0.15, 0.2) is 29.6 Å². The Labute approximate surface area is 204 Å². The van der Waals surface area contributed by atoms with Crippen molar-refractivity contribution in [1.82, 2.24) is 20.0 Å². The van der Waals surface area contributed by atoms with Gasteiger partial charge in [0.25, 0.3) is 5.91 Å². The van der Waals surface area contributed by atoms with Crippen molar-refractivity contribution in [2.45, 2.75) is 64.1 Å². The third kappa shape index (κ3) is 4.51. The Morgan fingerprint density at radius 1 is 1.21 bits per heavy atom. The number of hydrogen-bond acceptors (Lipinski definition) is 5. The first-order valence-electron chi connectivity index (χ1n) is 12.5. The lowest BCUT2D eigenvalue weighted by atomic mass is 9.93. The zero-order valence-corrected chi connectivity index (χ0v) is 20.6. The molecule has 3 aliphatic rings. The van der Waals surface area contributed by atoms with Gasteiger partial charge in [0, 0.05) is 36.8 Å². The molecule has 178 valence electrons. The molecule has 0 unspecified atom stereocenters. The van der Waals surface area contributed by atoms with Gasteiger partial charge < -0.3 is 9.64 Å². The quantitative estimate of drug-likeness (QED) is 0.550. The summed E-state index contributed by atoms with van der Waals surface area (Å²) in [4.78, 5) is 18.7. The molecule has 6 rings (SSSR count). The highest BCUT2D eigenvalue weighted by Crippen LogP contribution is 2.39. The molecular weight excluding hydrogens is 444 g/mol. The van der Waals surface area contributed by atoms with Crippen LogP contribution in [0.3, 0.4) is 0 Å². The predicted octanol–water partition coefficient (Wildman–Crippen LogP) is 4.89. The van der Waals surface area contributed by atoms with Crippen LogP contribution in [0.5, 0.6) is 5.75 Å². The van der Waals surface area contributed by atoms with Crippen molar-refractivity contribution in [2.24, 2.45) is 0 Å². The van der Waals surface area contributed by atoms with Crippen molar-refractivity contribution >= 4 is 17.2 Å². The lowest BCUT2D eigenvalue weighted by molar-refractivity contribution is 0.0737. The summed E-state index contributed by atoms with van der Waals surface area (Å²) >= 11 is 1.63. The van der Waals surface area contributed by atoms with Crippen LogP contribution in [0.1, 0.15) is 74.9 Å². The molecule has 1 N–H and O–H groups in total. The van der Waals surface area contributed by atoms with Gasteiger partial charge in [-0.15, -0.1) is 11.3 Å². The van der Waals surface area contributed by atoms with E-state index in [1.807, 2.05) is 4.90 Å². The lowest BCUT2D eigenvalue weighted by Gasteiger charge is -2.21. The van der Waals surface area contributed by atoms with Gasteiger partial charge in [0.2, 0.25) is 0 Å². The lowest BCUT2D eigenvalue weighted by Crippen LogP contribution is -2.32. The smallest absolute Gasteiger partial charge is 0.264 e. The van der Waals surface area contributed by atoms with E-state index in [0.717, 1.165) is 42.1 Å². The molecule has 2 aromatic heterocycles. The van der Waals surface area contributed by atoms with Crippen molar-refractivity contribution in [3.8, 4) is 5.75 Å². The summed E-state index contributed by atoms with van der Waals surface area (Å²) in [6, 6.07) is 8.64. The molecule has 6 nitrogen and oxygen atoms in total. The number of nitrogens with one attached hydrogen (secondary N) is 1. The number of carbonyl (C=O) groups is 1. The maximum Gasteiger partial charge on any atom is 0.264 e. The maximum absolute atomic E-state index is 13.5. The number of aromatic amines is 1. The van der Waals surface area contributed by atoms with Gasteiger partial charge >= 0.3 is 0 Å². The van der Waals surface area contributed by atoms with E-state index in [1.54, 1.807) is 11.3 Å². The second-order valence-electron chi connectivity index (χ2n) is 10.1. The topological polar surface area (TPSA) is 61.5 Å². The minimum absolute atomic E-state index is 0.165. The van der Waals surface area contributed by atoms with E-state index in [9.17, 15) is 4.79 Å². The molecule has 2 aliphatic carbocycles. The molecule has 1 amide bonds. The number of aromatic nitrogens is 2. The fourth-order valence-corrected chi connectivity index (χ4v) is 6.39. The molecule has 3 aromatic rings. The Balaban J connectivity index is 1.15. The average Bonchev–Trinajstić information content (AvgIpc) is 3.50. The van der Waals surface area contributed by atoms with Crippen LogP contribution < -0.4 is 4.74 Å². The van der Waals surface area contributed by atoms with Gasteiger partial charge in [-0.1, -0.05) is 6.07 Å². The van der Waals surface area contributed by atoms with Gasteiger partial charge in [-0.3, -0.25) is 14.8 Å². The van der Waals surface area contributed by atoms with E-state index in [4.69, 9.17) is 4.74 Å². The van der Waals surface area contributed by atoms with Gasteiger partial charge in [-0.2, -0.15) is 5.10 Å². The molecule has 3 heterocycles. The van der Waals surface area contributed by atoms with Crippen molar-refractivity contribution in [3.63, 3.8) is 0 Å². The number of carbonyl (C=O) groups excluding carboxylic acids is 1. The molecule has 0 atom stereocenters. The summed E-state index contributed by atoms with van der Waals surface area (Å²) < 4.78 is 6.03. The highest BCUT2D eigenvalue weighted by molar-refractivity contribution is 7.12. The Kier molecular flexibility index (Phi) is 5.91. The second-order valence-corrected chi connectivity index (χ2v) is 10.9. The molecule has 1 saturated carbocycles. The van der Waals surface area contributed by atoms with E-state index in [0.29, 0.717) is 25.6 Å². The number of ether oxygens (including phenoxy) is 1. The summed E-state index contributed by atoms with van der Waals surface area (Å²) in [7, 11) is 2.13. The number of fused-ring (bicyclic) bond motifs is 2. The third-order valence-corrected chi connectivity index (χ3v) is 8.29. The number of nitrogens with zero attached hydrogens (tertiary/aromatic N) is 3. The zero-order chi connectivity index (χ0) is 23.1. The number of thiophene rings is 1. The Hall–Kier alpha value is -2.64. The van der Waals surface area contributed by atoms with E-state index in [2.05, 4.69) is 51.8 Å². The largest absolute Gasteiger partial charge is 0.491 e. The molecular formula is C27H32N4O2S. The monoisotopic (exact) mass is 476 g/mol. The molecule has 1 aromatic carbocycles. The fourth-order valence-electron chi connectivity index (χ4n) is 5.27. The third-order valence-electron chi connectivity index (χ3n) is 7.23. The normalized spacial score (nSPS) is 17.8. The van der Waals surface area contributed by atoms with Gasteiger partial charge in [-0.25, -0.2) is 0 Å². The molecule has 0 spiro atoms. The summed E-state index contributed by atoms with van der Waals surface area (Å²) in [6.45, 7) is 3.43. The van der Waals surface area contributed by atoms with Gasteiger partial charge in [0.15, 0.2) is 0 Å². The van der Waals surface area contributed by atoms with Crippen molar-refractivity contribution in [3.05, 3.63) is 68.2 Å². The average molecular weight is 477 g/mol. The van der Waals surface area contributed by atoms with Crippen molar-refractivity contribution in [1.29, 1.82) is 0 Å². The van der Waals surface area contributed by atoms with E-state index >= 15 is 0 Å². The Morgan fingerprint density at radius 3 is 2.97 bits per heavy atom. The van der Waals surface area contributed by atoms with Crippen LogP contribution in [0, 0.1) is 0 Å². The van der Waals surface area contributed by atoms with E-state index < -0.39 is 0 Å². The Bertz CT molecular complexity index is 1200. The first-order chi connectivity index (χ1) is 16.6. The highest BCUT2D eigenvalue weighted by Gasteiger charge is 2.27. The number of hydrogen-bond donors (Lipinski definition) is 1. The minimum atomic E-state index is 0.165. The van der Waals surface area contributed by atoms with Crippen LogP contribution in [0.2, 0.25) is 0 Å². The molecule has 0 saturated heterocycles. The van der Waals surface area contributed by atoms with Crippen LogP contribution in [0.25, 0.3) is 0 Å². The molecule has 7 heteroatoms. The van der Waals surface area contributed by atoms with Crippen LogP contribution in [0.4, 0.5) is 0 Å². The predicted molar refractivity (Wildman–Crippen MR) is 133 cm³/mol. The van der Waals surface area contributed by atoms with Gasteiger partial charge in [0.05, 0.1) is 17.1 Å². The number of amides is 1. The van der Waals surface area contributed by atoms with Crippen LogP contribution in [-0.2, 0) is 32.5 Å². The molecule has 0 bridgehead atoms. The highest BCUT2D eigenvalue weighted by atomic mass is 32.1. The zero-order valence-electron chi connectivity index (χ0n) is 19.8. The first kappa shape index (κ1) is 21.9. The van der Waals surface area contributed by atoms with Gasteiger partial charge in [0.1, 0.15) is 12.4 Å². The minimum Gasteiger partial charge on any atom is -0.491 e. The summed E-state index contributed by atoms with van der Waals surface area (Å²) in [5.41, 5.74) is 7.39. The number of rotatable bonds is 6. The SMILES string of the molecule is CN(Cc1ccc2c(c1)CN(C(=O)c1scc3c1CCCC3)CCO2)Cc1cc(C2CC2)n[nH]1. The van der Waals surface area contributed by atoms with Crippen LogP contribution >= 0.6 is 11.3 Å². The molecule has 0 radical (unpaired) electrons. The molecule has 1 aliphatic heterocycles. The number of benzene rings is 1. The number of H-pyrrole nitrogens is 1. The molecule has 34 heavy (non-hydrogen) atoms. The maximum atomic E-state index is 13.5. The first-order valence-corrected chi connectivity index (χ1v) is 13.4. The summed E-state index contributed by atoms with van der Waals surface area (Å²) in [5, 5.41) is 9.87. The Morgan fingerprint density at radius 2 is 2.09 bits per heavy atom. The van der Waals surface area contributed by atoms with Gasteiger partial charge in [-0.05, 0) is 85.8 Å². The fraction of sp³-hybridized carbons (Fsp3) is 0.481. The van der Waals surface area contributed by atoms with E-state index in [1.165, 1.54) is 53.8 Å². The summed E-state index contributed by atoms with van der Waals surface area (Å²) in [5.74, 6) is 1.74. The van der Waals surface area contributed by atoms with Crippen LogP contribution in [-0.4, -0.2) is 46.1 Å². The van der Waals surface area contributed by atoms with Crippen molar-refractivity contribution < 1.29 is 9.53 Å². The number of aryl methyl sites for hydroxylation is 1.